The maximum absolute atomic E-state index is 11.9. The molecule has 1 unspecified atom stereocenters. The number of rotatable bonds is 9. The average Bonchev–Trinajstić information content (AvgIpc) is 2.70. The first-order chi connectivity index (χ1) is 13.4. The van der Waals surface area contributed by atoms with Gasteiger partial charge in [0.05, 0.1) is 0 Å². The molecule has 2 rings (SSSR count). The summed E-state index contributed by atoms with van der Waals surface area (Å²) in [6.45, 7) is 5.94. The standard InChI is InChI=1S/C24H29NO3/c1-18(2)22-14-11-21(12-15-22)13-16-24(27)28-17-23(26)25-19(3)9-10-20-7-5-4-6-8-20/h4-8,11-16,18-19H,9-10,17H2,1-3H3,(H,25,26)/b16-13+. The molecule has 0 fully saturated rings. The number of nitrogens with one attached hydrogen (secondary N) is 1. The topological polar surface area (TPSA) is 55.4 Å². The van der Waals surface area contributed by atoms with Gasteiger partial charge in [0.2, 0.25) is 0 Å². The Hall–Kier alpha value is -2.88. The number of ether oxygens (including phenoxy) is 1. The van der Waals surface area contributed by atoms with E-state index in [1.165, 1.54) is 17.2 Å². The highest BCUT2D eigenvalue weighted by molar-refractivity contribution is 5.89. The van der Waals surface area contributed by atoms with Gasteiger partial charge in [-0.1, -0.05) is 68.4 Å². The summed E-state index contributed by atoms with van der Waals surface area (Å²) in [5.74, 6) is -0.347. The molecule has 0 heterocycles. The predicted octanol–water partition coefficient (Wildman–Crippen LogP) is 4.50. The Morgan fingerprint density at radius 3 is 2.32 bits per heavy atom. The summed E-state index contributed by atoms with van der Waals surface area (Å²) in [6.07, 6.45) is 4.75. The van der Waals surface area contributed by atoms with Crippen molar-refractivity contribution in [3.8, 4) is 0 Å². The summed E-state index contributed by atoms with van der Waals surface area (Å²) in [6, 6.07) is 18.1. The molecule has 0 spiro atoms. The van der Waals surface area contributed by atoms with Crippen LogP contribution in [0.4, 0.5) is 0 Å². The molecule has 4 nitrogen and oxygen atoms in total. The van der Waals surface area contributed by atoms with Crippen molar-refractivity contribution < 1.29 is 14.3 Å². The van der Waals surface area contributed by atoms with E-state index < -0.39 is 5.97 Å². The van der Waals surface area contributed by atoms with Gasteiger partial charge in [-0.05, 0) is 48.4 Å². The smallest absolute Gasteiger partial charge is 0.331 e. The van der Waals surface area contributed by atoms with Gasteiger partial charge in [-0.3, -0.25) is 4.79 Å². The molecule has 1 atom stereocenters. The lowest BCUT2D eigenvalue weighted by molar-refractivity contribution is -0.144. The first-order valence-corrected chi connectivity index (χ1v) is 9.72. The maximum atomic E-state index is 11.9. The fraction of sp³-hybridized carbons (Fsp3) is 0.333. The monoisotopic (exact) mass is 379 g/mol. The van der Waals surface area contributed by atoms with Crippen molar-refractivity contribution in [3.05, 3.63) is 77.4 Å². The van der Waals surface area contributed by atoms with Gasteiger partial charge in [0.15, 0.2) is 6.61 Å². The lowest BCUT2D eigenvalue weighted by Gasteiger charge is -2.13. The number of hydrogen-bond acceptors (Lipinski definition) is 3. The molecule has 0 aromatic heterocycles. The fourth-order valence-corrected chi connectivity index (χ4v) is 2.76. The van der Waals surface area contributed by atoms with Crippen molar-refractivity contribution in [1.29, 1.82) is 0 Å². The molecule has 0 aliphatic carbocycles. The minimum Gasteiger partial charge on any atom is -0.452 e. The minimum atomic E-state index is -0.528. The number of aryl methyl sites for hydroxylation is 1. The fourth-order valence-electron chi connectivity index (χ4n) is 2.76. The van der Waals surface area contributed by atoms with Crippen LogP contribution >= 0.6 is 0 Å². The molecule has 2 aromatic rings. The first-order valence-electron chi connectivity index (χ1n) is 9.72. The maximum Gasteiger partial charge on any atom is 0.331 e. The molecule has 28 heavy (non-hydrogen) atoms. The molecule has 0 saturated carbocycles. The van der Waals surface area contributed by atoms with Crippen LogP contribution in [0.5, 0.6) is 0 Å². The zero-order valence-electron chi connectivity index (χ0n) is 16.9. The van der Waals surface area contributed by atoms with E-state index in [-0.39, 0.29) is 18.6 Å². The van der Waals surface area contributed by atoms with Crippen LogP contribution in [0, 0.1) is 0 Å². The van der Waals surface area contributed by atoms with E-state index in [9.17, 15) is 9.59 Å². The Labute approximate surface area is 167 Å². The largest absolute Gasteiger partial charge is 0.452 e. The second kappa shape index (κ2) is 11.1. The predicted molar refractivity (Wildman–Crippen MR) is 113 cm³/mol. The number of esters is 1. The Morgan fingerprint density at radius 1 is 1.00 bits per heavy atom. The second-order valence-electron chi connectivity index (χ2n) is 7.26. The summed E-state index contributed by atoms with van der Waals surface area (Å²) in [5.41, 5.74) is 3.40. The highest BCUT2D eigenvalue weighted by Crippen LogP contribution is 2.15. The molecule has 0 saturated heterocycles. The molecule has 0 radical (unpaired) electrons. The first kappa shape index (κ1) is 21.4. The van der Waals surface area contributed by atoms with Crippen molar-refractivity contribution in [1.82, 2.24) is 5.32 Å². The molecular formula is C24H29NO3. The number of carbonyl (C=O) groups excluding carboxylic acids is 2. The third kappa shape index (κ3) is 7.78. The van der Waals surface area contributed by atoms with Crippen LogP contribution in [0.3, 0.4) is 0 Å². The lowest BCUT2D eigenvalue weighted by atomic mass is 10.0. The van der Waals surface area contributed by atoms with E-state index >= 15 is 0 Å². The van der Waals surface area contributed by atoms with E-state index in [1.54, 1.807) is 6.08 Å². The zero-order valence-corrected chi connectivity index (χ0v) is 16.9. The molecule has 1 amide bonds. The van der Waals surface area contributed by atoms with Gasteiger partial charge in [-0.15, -0.1) is 0 Å². The van der Waals surface area contributed by atoms with Crippen molar-refractivity contribution in [2.75, 3.05) is 6.61 Å². The third-order valence-electron chi connectivity index (χ3n) is 4.48. The average molecular weight is 380 g/mol. The van der Waals surface area contributed by atoms with Crippen molar-refractivity contribution >= 4 is 18.0 Å². The van der Waals surface area contributed by atoms with Gasteiger partial charge in [-0.25, -0.2) is 4.79 Å². The van der Waals surface area contributed by atoms with Gasteiger partial charge in [0.1, 0.15) is 0 Å². The summed E-state index contributed by atoms with van der Waals surface area (Å²) < 4.78 is 5.01. The summed E-state index contributed by atoms with van der Waals surface area (Å²) in [4.78, 5) is 23.7. The van der Waals surface area contributed by atoms with Gasteiger partial charge >= 0.3 is 5.97 Å². The van der Waals surface area contributed by atoms with E-state index in [1.807, 2.05) is 49.4 Å². The summed E-state index contributed by atoms with van der Waals surface area (Å²) in [7, 11) is 0. The van der Waals surface area contributed by atoms with Crippen LogP contribution in [0.1, 0.15) is 49.8 Å². The van der Waals surface area contributed by atoms with E-state index in [2.05, 4.69) is 31.3 Å². The van der Waals surface area contributed by atoms with Crippen LogP contribution < -0.4 is 5.32 Å². The summed E-state index contributed by atoms with van der Waals surface area (Å²) >= 11 is 0. The Bertz CT molecular complexity index is 779. The molecule has 0 aliphatic heterocycles. The van der Waals surface area contributed by atoms with Crippen molar-refractivity contribution in [2.45, 2.75) is 45.6 Å². The van der Waals surface area contributed by atoms with Crippen LogP contribution in [-0.2, 0) is 20.7 Å². The number of hydrogen-bond donors (Lipinski definition) is 1. The Kier molecular flexibility index (Phi) is 8.47. The van der Waals surface area contributed by atoms with Crippen LogP contribution in [0.25, 0.3) is 6.08 Å². The number of benzene rings is 2. The van der Waals surface area contributed by atoms with E-state index in [0.717, 1.165) is 18.4 Å². The molecule has 0 bridgehead atoms. The van der Waals surface area contributed by atoms with Gasteiger partial charge in [-0.2, -0.15) is 0 Å². The Morgan fingerprint density at radius 2 is 1.68 bits per heavy atom. The summed E-state index contributed by atoms with van der Waals surface area (Å²) in [5, 5.41) is 2.86. The lowest BCUT2D eigenvalue weighted by Crippen LogP contribution is -2.36. The highest BCUT2D eigenvalue weighted by Gasteiger charge is 2.09. The quantitative estimate of drug-likeness (QED) is 0.515. The minimum absolute atomic E-state index is 0.0152. The Balaban J connectivity index is 1.69. The number of carbonyl (C=O) groups is 2. The zero-order chi connectivity index (χ0) is 20.4. The number of amides is 1. The van der Waals surface area contributed by atoms with E-state index in [0.29, 0.717) is 5.92 Å². The normalized spacial score (nSPS) is 12.1. The van der Waals surface area contributed by atoms with E-state index in [4.69, 9.17) is 4.74 Å². The van der Waals surface area contributed by atoms with Crippen LogP contribution in [-0.4, -0.2) is 24.5 Å². The molecule has 1 N–H and O–H groups in total. The molecule has 0 aliphatic rings. The molecule has 2 aromatic carbocycles. The highest BCUT2D eigenvalue weighted by atomic mass is 16.5. The van der Waals surface area contributed by atoms with Crippen molar-refractivity contribution in [3.63, 3.8) is 0 Å². The molecule has 148 valence electrons. The van der Waals surface area contributed by atoms with Gasteiger partial charge in [0, 0.05) is 12.1 Å². The third-order valence-corrected chi connectivity index (χ3v) is 4.48. The van der Waals surface area contributed by atoms with Crippen LogP contribution in [0.15, 0.2) is 60.7 Å². The van der Waals surface area contributed by atoms with Crippen LogP contribution in [0.2, 0.25) is 0 Å². The van der Waals surface area contributed by atoms with Crippen molar-refractivity contribution in [2.24, 2.45) is 0 Å². The second-order valence-corrected chi connectivity index (χ2v) is 7.26. The van der Waals surface area contributed by atoms with Gasteiger partial charge < -0.3 is 10.1 Å². The van der Waals surface area contributed by atoms with Gasteiger partial charge in [0.25, 0.3) is 5.91 Å². The molecular weight excluding hydrogens is 350 g/mol. The SMILES string of the molecule is CC(CCc1ccccc1)NC(=O)COC(=O)/C=C/c1ccc(C(C)C)cc1. The molecule has 4 heteroatoms.